The second kappa shape index (κ2) is 5.70. The van der Waals surface area contributed by atoms with Crippen LogP contribution in [-0.2, 0) is 9.31 Å². The summed E-state index contributed by atoms with van der Waals surface area (Å²) in [6, 6.07) is 5.89. The van der Waals surface area contributed by atoms with Crippen LogP contribution >= 0.6 is 0 Å². The lowest BCUT2D eigenvalue weighted by Crippen LogP contribution is -2.41. The van der Waals surface area contributed by atoms with Crippen molar-refractivity contribution in [3.05, 3.63) is 42.0 Å². The molecule has 0 radical (unpaired) electrons. The van der Waals surface area contributed by atoms with Crippen molar-refractivity contribution >= 4 is 24.3 Å². The summed E-state index contributed by atoms with van der Waals surface area (Å²) in [5, 5.41) is 0. The van der Waals surface area contributed by atoms with Gasteiger partial charge in [0, 0.05) is 5.69 Å². The van der Waals surface area contributed by atoms with Crippen molar-refractivity contribution in [2.75, 3.05) is 5.73 Å². The van der Waals surface area contributed by atoms with Gasteiger partial charge in [0.2, 0.25) is 0 Å². The Balaban J connectivity index is 2.28. The summed E-state index contributed by atoms with van der Waals surface area (Å²) in [5.74, 6) is 0. The van der Waals surface area contributed by atoms with Gasteiger partial charge in [0.15, 0.2) is 0 Å². The first-order valence-electron chi connectivity index (χ1n) is 7.31. The molecule has 2 N–H and O–H groups in total. The van der Waals surface area contributed by atoms with Crippen molar-refractivity contribution < 1.29 is 9.31 Å². The van der Waals surface area contributed by atoms with E-state index in [4.69, 9.17) is 15.0 Å². The molecule has 112 valence electrons. The molecule has 0 aliphatic carbocycles. The molecular weight excluding hydrogens is 261 g/mol. The van der Waals surface area contributed by atoms with Gasteiger partial charge in [-0.1, -0.05) is 36.4 Å². The first kappa shape index (κ1) is 15.9. The Morgan fingerprint density at radius 3 is 2.24 bits per heavy atom. The van der Waals surface area contributed by atoms with Crippen LogP contribution in [0.1, 0.15) is 40.2 Å². The topological polar surface area (TPSA) is 44.5 Å². The van der Waals surface area contributed by atoms with Gasteiger partial charge < -0.3 is 15.0 Å². The fraction of sp³-hybridized carbons (Fsp3) is 0.412. The number of benzene rings is 1. The summed E-state index contributed by atoms with van der Waals surface area (Å²) >= 11 is 0. The van der Waals surface area contributed by atoms with Gasteiger partial charge in [0.25, 0.3) is 0 Å². The molecule has 1 aromatic rings. The molecule has 4 heteroatoms. The van der Waals surface area contributed by atoms with Crippen LogP contribution in [0.4, 0.5) is 5.69 Å². The summed E-state index contributed by atoms with van der Waals surface area (Å²) in [6.07, 6.45) is 7.91. The SMILES string of the molecule is C/C=C\C=C/c1cc(B2OC(C)(C)C(C)(C)O2)ccc1N. The van der Waals surface area contributed by atoms with Crippen LogP contribution in [0.2, 0.25) is 0 Å². The first-order chi connectivity index (χ1) is 9.77. The highest BCUT2D eigenvalue weighted by atomic mass is 16.7. The zero-order valence-electron chi connectivity index (χ0n) is 13.5. The van der Waals surface area contributed by atoms with Crippen molar-refractivity contribution in [3.63, 3.8) is 0 Å². The second-order valence-electron chi connectivity index (χ2n) is 6.36. The Hall–Kier alpha value is -1.52. The standard InChI is InChI=1S/C17H24BNO2/c1-6-7-8-9-13-12-14(10-11-15(13)19)18-20-16(2,3)17(4,5)21-18/h6-12H,19H2,1-5H3/b7-6-,9-8-. The smallest absolute Gasteiger partial charge is 0.399 e. The minimum Gasteiger partial charge on any atom is -0.399 e. The normalized spacial score (nSPS) is 20.7. The van der Waals surface area contributed by atoms with Crippen LogP contribution in [-0.4, -0.2) is 18.3 Å². The van der Waals surface area contributed by atoms with E-state index < -0.39 is 0 Å². The molecule has 0 saturated carbocycles. The quantitative estimate of drug-likeness (QED) is 0.527. The van der Waals surface area contributed by atoms with Crippen LogP contribution in [0.3, 0.4) is 0 Å². The molecule has 1 fully saturated rings. The van der Waals surface area contributed by atoms with Crippen molar-refractivity contribution in [1.29, 1.82) is 0 Å². The molecule has 0 bridgehead atoms. The van der Waals surface area contributed by atoms with Crippen LogP contribution in [0.15, 0.2) is 36.4 Å². The Morgan fingerprint density at radius 1 is 1.05 bits per heavy atom. The fourth-order valence-electron chi connectivity index (χ4n) is 2.13. The molecule has 2 rings (SSSR count). The molecular formula is C17H24BNO2. The molecule has 0 amide bonds. The first-order valence-corrected chi connectivity index (χ1v) is 7.31. The largest absolute Gasteiger partial charge is 0.494 e. The average Bonchev–Trinajstić information content (AvgIpc) is 2.61. The van der Waals surface area contributed by atoms with Crippen LogP contribution in [0.5, 0.6) is 0 Å². The third kappa shape index (κ3) is 3.22. The molecule has 21 heavy (non-hydrogen) atoms. The van der Waals surface area contributed by atoms with Crippen LogP contribution in [0.25, 0.3) is 6.08 Å². The predicted molar refractivity (Wildman–Crippen MR) is 90.4 cm³/mol. The molecule has 1 aliphatic rings. The zero-order chi connectivity index (χ0) is 15.7. The Labute approximate surface area is 128 Å². The molecule has 1 aromatic carbocycles. The van der Waals surface area contributed by atoms with E-state index in [2.05, 4.69) is 27.7 Å². The van der Waals surface area contributed by atoms with E-state index in [9.17, 15) is 0 Å². The van der Waals surface area contributed by atoms with Crippen LogP contribution < -0.4 is 11.2 Å². The van der Waals surface area contributed by atoms with E-state index in [1.165, 1.54) is 0 Å². The Bertz CT molecular complexity index is 560. The minimum atomic E-state index is -0.357. The van der Waals surface area contributed by atoms with E-state index in [1.54, 1.807) is 0 Å². The highest BCUT2D eigenvalue weighted by molar-refractivity contribution is 6.62. The van der Waals surface area contributed by atoms with E-state index in [0.29, 0.717) is 0 Å². The lowest BCUT2D eigenvalue weighted by Gasteiger charge is -2.32. The molecule has 0 spiro atoms. The van der Waals surface area contributed by atoms with Gasteiger partial charge in [-0.05, 0) is 51.7 Å². The van der Waals surface area contributed by atoms with E-state index >= 15 is 0 Å². The Kier molecular flexibility index (Phi) is 4.31. The number of nitrogen functional groups attached to an aromatic ring is 1. The number of nitrogens with two attached hydrogens (primary N) is 1. The van der Waals surface area contributed by atoms with E-state index in [1.807, 2.05) is 49.4 Å². The van der Waals surface area contributed by atoms with Crippen molar-refractivity contribution in [2.45, 2.75) is 45.8 Å². The summed E-state index contributed by atoms with van der Waals surface area (Å²) in [4.78, 5) is 0. The zero-order valence-corrected chi connectivity index (χ0v) is 13.5. The number of hydrogen-bond donors (Lipinski definition) is 1. The summed E-state index contributed by atoms with van der Waals surface area (Å²) in [6.45, 7) is 10.2. The molecule has 1 saturated heterocycles. The van der Waals surface area contributed by atoms with Crippen LogP contribution in [0, 0.1) is 0 Å². The predicted octanol–water partition coefficient (Wildman–Crippen LogP) is 3.16. The van der Waals surface area contributed by atoms with Crippen molar-refractivity contribution in [2.24, 2.45) is 0 Å². The second-order valence-corrected chi connectivity index (χ2v) is 6.36. The maximum Gasteiger partial charge on any atom is 0.494 e. The van der Waals surface area contributed by atoms with Gasteiger partial charge in [-0.3, -0.25) is 0 Å². The van der Waals surface area contributed by atoms with Gasteiger partial charge in [0.05, 0.1) is 11.2 Å². The molecule has 0 atom stereocenters. The number of rotatable bonds is 3. The average molecular weight is 285 g/mol. The van der Waals surface area contributed by atoms with Gasteiger partial charge in [-0.15, -0.1) is 0 Å². The molecule has 3 nitrogen and oxygen atoms in total. The molecule has 0 aromatic heterocycles. The lowest BCUT2D eigenvalue weighted by molar-refractivity contribution is 0.00578. The fourth-order valence-corrected chi connectivity index (χ4v) is 2.13. The summed E-state index contributed by atoms with van der Waals surface area (Å²) < 4.78 is 12.1. The summed E-state index contributed by atoms with van der Waals surface area (Å²) in [7, 11) is -0.357. The number of hydrogen-bond acceptors (Lipinski definition) is 3. The Morgan fingerprint density at radius 2 is 1.67 bits per heavy atom. The van der Waals surface area contributed by atoms with Gasteiger partial charge in [-0.25, -0.2) is 0 Å². The summed E-state index contributed by atoms with van der Waals surface area (Å²) in [5.41, 5.74) is 8.06. The third-order valence-corrected chi connectivity index (χ3v) is 4.22. The molecule has 1 aliphatic heterocycles. The van der Waals surface area contributed by atoms with Crippen molar-refractivity contribution in [1.82, 2.24) is 0 Å². The number of allylic oxidation sites excluding steroid dienone is 3. The maximum atomic E-state index is 6.07. The monoisotopic (exact) mass is 285 g/mol. The lowest BCUT2D eigenvalue weighted by atomic mass is 9.78. The van der Waals surface area contributed by atoms with E-state index in [-0.39, 0.29) is 18.3 Å². The highest BCUT2D eigenvalue weighted by Gasteiger charge is 2.51. The van der Waals surface area contributed by atoms with E-state index in [0.717, 1.165) is 16.7 Å². The van der Waals surface area contributed by atoms with Gasteiger partial charge in [-0.2, -0.15) is 0 Å². The molecule has 0 unspecified atom stereocenters. The number of anilines is 1. The van der Waals surface area contributed by atoms with Gasteiger partial charge in [0.1, 0.15) is 0 Å². The highest BCUT2D eigenvalue weighted by Crippen LogP contribution is 2.36. The van der Waals surface area contributed by atoms with Crippen molar-refractivity contribution in [3.8, 4) is 0 Å². The molecule has 1 heterocycles. The van der Waals surface area contributed by atoms with Gasteiger partial charge >= 0.3 is 7.12 Å². The minimum absolute atomic E-state index is 0.333. The third-order valence-electron chi connectivity index (χ3n) is 4.22. The maximum absolute atomic E-state index is 6.07.